The quantitative estimate of drug-likeness (QED) is 0.739. The average molecular weight is 349 g/mol. The molecule has 2 amide bonds. The van der Waals surface area contributed by atoms with Crippen molar-refractivity contribution in [3.05, 3.63) is 71.7 Å². The Balaban J connectivity index is 1.53. The molecule has 7 heteroatoms. The SMILES string of the molecule is Cc1ccc(C(=O)NCC(=O)Nc2ccc(-n3cccn3)nc2)cc1C. The normalized spacial score (nSPS) is 10.4. The fraction of sp³-hybridized carbons (Fsp3) is 0.158. The Morgan fingerprint density at radius 2 is 1.96 bits per heavy atom. The van der Waals surface area contributed by atoms with Crippen molar-refractivity contribution in [3.63, 3.8) is 0 Å². The maximum atomic E-state index is 12.1. The summed E-state index contributed by atoms with van der Waals surface area (Å²) in [4.78, 5) is 28.4. The summed E-state index contributed by atoms with van der Waals surface area (Å²) in [5.74, 6) is 0.0438. The smallest absolute Gasteiger partial charge is 0.251 e. The van der Waals surface area contributed by atoms with Gasteiger partial charge in [-0.1, -0.05) is 6.07 Å². The van der Waals surface area contributed by atoms with E-state index in [2.05, 4.69) is 20.7 Å². The molecule has 2 aromatic heterocycles. The van der Waals surface area contributed by atoms with Crippen LogP contribution in [0.3, 0.4) is 0 Å². The van der Waals surface area contributed by atoms with E-state index in [4.69, 9.17) is 0 Å². The van der Waals surface area contributed by atoms with Gasteiger partial charge in [0.25, 0.3) is 5.91 Å². The van der Waals surface area contributed by atoms with Crippen molar-refractivity contribution >= 4 is 17.5 Å². The fourth-order valence-corrected chi connectivity index (χ4v) is 2.35. The van der Waals surface area contributed by atoms with Gasteiger partial charge in [0.1, 0.15) is 0 Å². The molecular weight excluding hydrogens is 330 g/mol. The first-order valence-corrected chi connectivity index (χ1v) is 8.14. The van der Waals surface area contributed by atoms with Gasteiger partial charge in [0.2, 0.25) is 5.91 Å². The largest absolute Gasteiger partial charge is 0.343 e. The van der Waals surface area contributed by atoms with Gasteiger partial charge in [-0.05, 0) is 55.3 Å². The zero-order valence-electron chi connectivity index (χ0n) is 14.6. The molecule has 0 saturated heterocycles. The van der Waals surface area contributed by atoms with E-state index in [1.807, 2.05) is 19.9 Å². The third kappa shape index (κ3) is 4.13. The maximum absolute atomic E-state index is 12.1. The first-order valence-electron chi connectivity index (χ1n) is 8.14. The second kappa shape index (κ2) is 7.60. The van der Waals surface area contributed by atoms with Crippen molar-refractivity contribution in [1.82, 2.24) is 20.1 Å². The zero-order valence-corrected chi connectivity index (χ0v) is 14.6. The molecule has 0 unspecified atom stereocenters. The fourth-order valence-electron chi connectivity index (χ4n) is 2.35. The number of nitrogens with one attached hydrogen (secondary N) is 2. The summed E-state index contributed by atoms with van der Waals surface area (Å²) in [6, 6.07) is 10.7. The number of hydrogen-bond acceptors (Lipinski definition) is 4. The number of pyridine rings is 1. The summed E-state index contributed by atoms with van der Waals surface area (Å²) >= 11 is 0. The molecule has 0 radical (unpaired) electrons. The Hall–Kier alpha value is -3.48. The molecular formula is C19H19N5O2. The van der Waals surface area contributed by atoms with Crippen LogP contribution < -0.4 is 10.6 Å². The van der Waals surface area contributed by atoms with Crippen LogP contribution >= 0.6 is 0 Å². The average Bonchev–Trinajstić information content (AvgIpc) is 3.17. The van der Waals surface area contributed by atoms with Gasteiger partial charge >= 0.3 is 0 Å². The van der Waals surface area contributed by atoms with Crippen LogP contribution in [0.5, 0.6) is 0 Å². The van der Waals surface area contributed by atoms with E-state index in [-0.39, 0.29) is 18.4 Å². The number of anilines is 1. The Labute approximate surface area is 151 Å². The number of benzene rings is 1. The minimum atomic E-state index is -0.323. The minimum absolute atomic E-state index is 0.118. The second-order valence-electron chi connectivity index (χ2n) is 5.89. The van der Waals surface area contributed by atoms with E-state index in [1.165, 1.54) is 0 Å². The lowest BCUT2D eigenvalue weighted by Gasteiger charge is -2.08. The topological polar surface area (TPSA) is 88.9 Å². The maximum Gasteiger partial charge on any atom is 0.251 e. The summed E-state index contributed by atoms with van der Waals surface area (Å²) in [7, 11) is 0. The molecule has 0 saturated carbocycles. The van der Waals surface area contributed by atoms with Crippen LogP contribution in [-0.2, 0) is 4.79 Å². The van der Waals surface area contributed by atoms with Gasteiger partial charge in [-0.25, -0.2) is 9.67 Å². The molecule has 3 rings (SSSR count). The summed E-state index contributed by atoms with van der Waals surface area (Å²) in [6.07, 6.45) is 4.98. The van der Waals surface area contributed by atoms with Crippen molar-refractivity contribution in [2.75, 3.05) is 11.9 Å². The highest BCUT2D eigenvalue weighted by Crippen LogP contribution is 2.10. The zero-order chi connectivity index (χ0) is 18.5. The number of aromatic nitrogens is 3. The van der Waals surface area contributed by atoms with Crippen LogP contribution in [0.15, 0.2) is 55.0 Å². The van der Waals surface area contributed by atoms with Gasteiger partial charge in [-0.3, -0.25) is 9.59 Å². The Morgan fingerprint density at radius 1 is 1.12 bits per heavy atom. The number of carbonyl (C=O) groups excluding carboxylic acids is 2. The lowest BCUT2D eigenvalue weighted by atomic mass is 10.1. The molecule has 0 aliphatic heterocycles. The van der Waals surface area contributed by atoms with Crippen LogP contribution in [0.4, 0.5) is 5.69 Å². The van der Waals surface area contributed by atoms with Crippen molar-refractivity contribution in [1.29, 1.82) is 0 Å². The lowest BCUT2D eigenvalue weighted by molar-refractivity contribution is -0.115. The molecule has 0 atom stereocenters. The van der Waals surface area contributed by atoms with Crippen molar-refractivity contribution in [2.24, 2.45) is 0 Å². The Bertz CT molecular complexity index is 918. The van der Waals surface area contributed by atoms with Crippen molar-refractivity contribution in [2.45, 2.75) is 13.8 Å². The van der Waals surface area contributed by atoms with E-state index < -0.39 is 0 Å². The molecule has 132 valence electrons. The molecule has 3 aromatic rings. The molecule has 2 N–H and O–H groups in total. The van der Waals surface area contributed by atoms with Gasteiger partial charge in [0.15, 0.2) is 5.82 Å². The molecule has 7 nitrogen and oxygen atoms in total. The first-order chi connectivity index (χ1) is 12.5. The monoisotopic (exact) mass is 349 g/mol. The summed E-state index contributed by atoms with van der Waals surface area (Å²) in [5.41, 5.74) is 3.23. The number of rotatable bonds is 5. The summed E-state index contributed by atoms with van der Waals surface area (Å²) in [5, 5.41) is 9.40. The van der Waals surface area contributed by atoms with Crippen LogP contribution in [-0.4, -0.2) is 33.1 Å². The predicted octanol–water partition coefficient (Wildman–Crippen LogP) is 2.25. The summed E-state index contributed by atoms with van der Waals surface area (Å²) in [6.45, 7) is 3.81. The third-order valence-electron chi connectivity index (χ3n) is 3.95. The Kier molecular flexibility index (Phi) is 5.07. The van der Waals surface area contributed by atoms with E-state index >= 15 is 0 Å². The van der Waals surface area contributed by atoms with Gasteiger partial charge in [-0.15, -0.1) is 0 Å². The predicted molar refractivity (Wildman–Crippen MR) is 98.2 cm³/mol. The molecule has 1 aromatic carbocycles. The molecule has 0 bridgehead atoms. The van der Waals surface area contributed by atoms with Gasteiger partial charge < -0.3 is 10.6 Å². The minimum Gasteiger partial charge on any atom is -0.343 e. The van der Waals surface area contributed by atoms with E-state index in [1.54, 1.807) is 53.6 Å². The number of nitrogens with zero attached hydrogens (tertiary/aromatic N) is 3. The van der Waals surface area contributed by atoms with Crippen LogP contribution in [0.2, 0.25) is 0 Å². The van der Waals surface area contributed by atoms with Crippen molar-refractivity contribution in [3.8, 4) is 5.82 Å². The van der Waals surface area contributed by atoms with E-state index in [0.29, 0.717) is 17.1 Å². The van der Waals surface area contributed by atoms with Gasteiger partial charge in [-0.2, -0.15) is 5.10 Å². The molecule has 0 spiro atoms. The highest BCUT2D eigenvalue weighted by atomic mass is 16.2. The molecule has 0 fully saturated rings. The second-order valence-corrected chi connectivity index (χ2v) is 5.89. The van der Waals surface area contributed by atoms with Crippen molar-refractivity contribution < 1.29 is 9.59 Å². The van der Waals surface area contributed by atoms with Crippen LogP contribution in [0.1, 0.15) is 21.5 Å². The highest BCUT2D eigenvalue weighted by molar-refractivity contribution is 5.99. The first kappa shape index (κ1) is 17.3. The van der Waals surface area contributed by atoms with Gasteiger partial charge in [0, 0.05) is 18.0 Å². The number of hydrogen-bond donors (Lipinski definition) is 2. The third-order valence-corrected chi connectivity index (χ3v) is 3.95. The number of carbonyl (C=O) groups is 2. The van der Waals surface area contributed by atoms with Gasteiger partial charge in [0.05, 0.1) is 18.4 Å². The van der Waals surface area contributed by atoms with Crippen LogP contribution in [0.25, 0.3) is 5.82 Å². The number of aryl methyl sites for hydroxylation is 2. The number of amides is 2. The van der Waals surface area contributed by atoms with E-state index in [0.717, 1.165) is 11.1 Å². The standard InChI is InChI=1S/C19H19N5O2/c1-13-4-5-15(10-14(13)2)19(26)21-12-18(25)23-16-6-7-17(20-11-16)24-9-3-8-22-24/h3-11H,12H2,1-2H3,(H,21,26)(H,23,25). The molecule has 0 aliphatic rings. The molecule has 26 heavy (non-hydrogen) atoms. The lowest BCUT2D eigenvalue weighted by Crippen LogP contribution is -2.32. The molecule has 2 heterocycles. The highest BCUT2D eigenvalue weighted by Gasteiger charge is 2.09. The molecule has 0 aliphatic carbocycles. The summed E-state index contributed by atoms with van der Waals surface area (Å²) < 4.78 is 1.62. The van der Waals surface area contributed by atoms with Crippen LogP contribution in [0, 0.1) is 13.8 Å². The Morgan fingerprint density at radius 3 is 2.62 bits per heavy atom. The van der Waals surface area contributed by atoms with E-state index in [9.17, 15) is 9.59 Å².